The van der Waals surface area contributed by atoms with Crippen molar-refractivity contribution in [3.05, 3.63) is 72.8 Å². The van der Waals surface area contributed by atoms with Crippen LogP contribution in [0.15, 0.2) is 72.8 Å². The van der Waals surface area contributed by atoms with Gasteiger partial charge in [-0.3, -0.25) is 4.57 Å². The SMILES string of the molecule is COC(=O)COc1nc2cc(-c3ccc(-c4ccccc4)cc3)ccc2n1COCC[Si](C)(C)C. The number of hydrogen-bond donors (Lipinski definition) is 0. The summed E-state index contributed by atoms with van der Waals surface area (Å²) in [5.74, 6) is -0.456. The Morgan fingerprint density at radius 1 is 0.886 bits per heavy atom. The summed E-state index contributed by atoms with van der Waals surface area (Å²) in [4.78, 5) is 16.3. The molecule has 0 aliphatic heterocycles. The van der Waals surface area contributed by atoms with Crippen molar-refractivity contribution in [2.75, 3.05) is 20.3 Å². The summed E-state index contributed by atoms with van der Waals surface area (Å²) in [7, 11) is 0.142. The van der Waals surface area contributed by atoms with Gasteiger partial charge < -0.3 is 14.2 Å². The maximum absolute atomic E-state index is 11.6. The summed E-state index contributed by atoms with van der Waals surface area (Å²) in [6.45, 7) is 7.74. The van der Waals surface area contributed by atoms with Crippen molar-refractivity contribution >= 4 is 25.1 Å². The van der Waals surface area contributed by atoms with Crippen molar-refractivity contribution in [3.8, 4) is 28.3 Å². The molecule has 35 heavy (non-hydrogen) atoms. The third-order valence-corrected chi connectivity index (χ3v) is 7.51. The van der Waals surface area contributed by atoms with Crippen LogP contribution in [0.25, 0.3) is 33.3 Å². The zero-order valence-electron chi connectivity index (χ0n) is 20.8. The van der Waals surface area contributed by atoms with E-state index < -0.39 is 14.0 Å². The number of carbonyl (C=O) groups is 1. The minimum atomic E-state index is -1.19. The smallest absolute Gasteiger partial charge is 0.344 e. The first-order chi connectivity index (χ1) is 16.8. The van der Waals surface area contributed by atoms with Crippen LogP contribution in [0.2, 0.25) is 25.7 Å². The first-order valence-corrected chi connectivity index (χ1v) is 15.5. The topological polar surface area (TPSA) is 62.6 Å². The second-order valence-corrected chi connectivity index (χ2v) is 15.3. The third kappa shape index (κ3) is 6.38. The van der Waals surface area contributed by atoms with Crippen molar-refractivity contribution in [1.82, 2.24) is 9.55 Å². The van der Waals surface area contributed by atoms with E-state index in [0.29, 0.717) is 19.3 Å². The van der Waals surface area contributed by atoms with Gasteiger partial charge in [0.2, 0.25) is 0 Å². The number of carbonyl (C=O) groups excluding carboxylic acids is 1. The van der Waals surface area contributed by atoms with E-state index >= 15 is 0 Å². The Labute approximate surface area is 207 Å². The fraction of sp³-hybridized carbons (Fsp3) is 0.286. The van der Waals surface area contributed by atoms with E-state index in [0.717, 1.165) is 28.2 Å². The highest BCUT2D eigenvalue weighted by Crippen LogP contribution is 2.29. The molecule has 0 bridgehead atoms. The molecule has 1 aromatic heterocycles. The van der Waals surface area contributed by atoms with Crippen molar-refractivity contribution in [1.29, 1.82) is 0 Å². The quantitative estimate of drug-likeness (QED) is 0.150. The molecule has 182 valence electrons. The van der Waals surface area contributed by atoms with Gasteiger partial charge in [0, 0.05) is 14.7 Å². The first kappa shape index (κ1) is 24.7. The predicted molar refractivity (Wildman–Crippen MR) is 142 cm³/mol. The van der Waals surface area contributed by atoms with Gasteiger partial charge in [0.15, 0.2) is 6.61 Å². The Balaban J connectivity index is 1.59. The van der Waals surface area contributed by atoms with Crippen molar-refractivity contribution in [2.24, 2.45) is 0 Å². The van der Waals surface area contributed by atoms with Crippen LogP contribution in [0.5, 0.6) is 6.01 Å². The number of imidazole rings is 1. The Morgan fingerprint density at radius 3 is 2.17 bits per heavy atom. The van der Waals surface area contributed by atoms with Gasteiger partial charge in [-0.25, -0.2) is 4.79 Å². The molecule has 0 radical (unpaired) electrons. The summed E-state index contributed by atoms with van der Waals surface area (Å²) >= 11 is 0. The number of aromatic nitrogens is 2. The molecule has 0 aliphatic carbocycles. The van der Waals surface area contributed by atoms with E-state index in [1.807, 2.05) is 34.9 Å². The third-order valence-electron chi connectivity index (χ3n) is 5.80. The number of fused-ring (bicyclic) bond motifs is 1. The van der Waals surface area contributed by atoms with Crippen LogP contribution < -0.4 is 4.74 Å². The molecule has 1 heterocycles. The van der Waals surface area contributed by atoms with E-state index in [-0.39, 0.29) is 6.61 Å². The molecule has 0 N–H and O–H groups in total. The van der Waals surface area contributed by atoms with E-state index in [9.17, 15) is 4.79 Å². The lowest BCUT2D eigenvalue weighted by Gasteiger charge is -2.16. The van der Waals surface area contributed by atoms with Crippen LogP contribution in [-0.4, -0.2) is 43.9 Å². The zero-order chi connectivity index (χ0) is 24.8. The number of hydrogen-bond acceptors (Lipinski definition) is 5. The lowest BCUT2D eigenvalue weighted by atomic mass is 10.00. The predicted octanol–water partition coefficient (Wildman–Crippen LogP) is 6.23. The maximum Gasteiger partial charge on any atom is 0.344 e. The average molecular weight is 489 g/mol. The summed E-state index contributed by atoms with van der Waals surface area (Å²) in [5.41, 5.74) is 6.19. The summed E-state index contributed by atoms with van der Waals surface area (Å²) < 4.78 is 18.2. The second kappa shape index (κ2) is 10.9. The molecular weight excluding hydrogens is 456 g/mol. The second-order valence-electron chi connectivity index (χ2n) is 9.68. The zero-order valence-corrected chi connectivity index (χ0v) is 21.8. The van der Waals surface area contributed by atoms with E-state index in [2.05, 4.69) is 67.1 Å². The van der Waals surface area contributed by atoms with Gasteiger partial charge in [-0.05, 0) is 40.4 Å². The van der Waals surface area contributed by atoms with E-state index in [1.54, 1.807) is 0 Å². The Bertz CT molecular complexity index is 1280. The van der Waals surface area contributed by atoms with E-state index in [1.165, 1.54) is 18.2 Å². The molecule has 0 unspecified atom stereocenters. The van der Waals surface area contributed by atoms with Crippen LogP contribution in [0.3, 0.4) is 0 Å². The Morgan fingerprint density at radius 2 is 1.51 bits per heavy atom. The fourth-order valence-corrected chi connectivity index (χ4v) is 4.48. The first-order valence-electron chi connectivity index (χ1n) is 11.8. The summed E-state index contributed by atoms with van der Waals surface area (Å²) in [6, 6.07) is 26.4. The molecule has 0 fully saturated rings. The maximum atomic E-state index is 11.6. The highest BCUT2D eigenvalue weighted by atomic mass is 28.3. The molecule has 0 atom stereocenters. The van der Waals surface area contributed by atoms with Gasteiger partial charge in [0.25, 0.3) is 6.01 Å². The minimum absolute atomic E-state index is 0.206. The summed E-state index contributed by atoms with van der Waals surface area (Å²) in [6.07, 6.45) is 0. The number of benzene rings is 3. The molecule has 0 saturated carbocycles. The number of ether oxygens (including phenoxy) is 3. The fourth-order valence-electron chi connectivity index (χ4n) is 3.72. The van der Waals surface area contributed by atoms with Crippen LogP contribution >= 0.6 is 0 Å². The lowest BCUT2D eigenvalue weighted by Crippen LogP contribution is -2.22. The van der Waals surface area contributed by atoms with Gasteiger partial charge in [0.1, 0.15) is 6.73 Å². The van der Waals surface area contributed by atoms with Crippen LogP contribution in [0.1, 0.15) is 0 Å². The monoisotopic (exact) mass is 488 g/mol. The number of rotatable bonds is 10. The Kier molecular flexibility index (Phi) is 7.68. The molecule has 0 spiro atoms. The van der Waals surface area contributed by atoms with Crippen molar-refractivity contribution < 1.29 is 19.0 Å². The molecule has 4 rings (SSSR count). The molecular formula is C28H32N2O4Si. The van der Waals surface area contributed by atoms with Gasteiger partial charge >= 0.3 is 5.97 Å². The highest BCUT2D eigenvalue weighted by Gasteiger charge is 2.16. The van der Waals surface area contributed by atoms with Gasteiger partial charge in [-0.2, -0.15) is 4.98 Å². The largest absolute Gasteiger partial charge is 0.466 e. The van der Waals surface area contributed by atoms with Gasteiger partial charge in [0.05, 0.1) is 18.1 Å². The summed E-state index contributed by atoms with van der Waals surface area (Å²) in [5, 5.41) is 0. The minimum Gasteiger partial charge on any atom is -0.466 e. The van der Waals surface area contributed by atoms with Gasteiger partial charge in [-0.1, -0.05) is 80.3 Å². The van der Waals surface area contributed by atoms with Crippen LogP contribution in [-0.2, 0) is 21.0 Å². The molecule has 6 nitrogen and oxygen atoms in total. The number of methoxy groups -OCH3 is 1. The normalized spacial score (nSPS) is 11.5. The number of esters is 1. The molecule has 4 aromatic rings. The van der Waals surface area contributed by atoms with Crippen molar-refractivity contribution in [2.45, 2.75) is 32.4 Å². The number of nitrogens with zero attached hydrogens (tertiary/aromatic N) is 2. The van der Waals surface area contributed by atoms with Crippen LogP contribution in [0.4, 0.5) is 0 Å². The molecule has 0 amide bonds. The van der Waals surface area contributed by atoms with Crippen LogP contribution in [0, 0.1) is 0 Å². The van der Waals surface area contributed by atoms with Gasteiger partial charge in [-0.15, -0.1) is 0 Å². The lowest BCUT2D eigenvalue weighted by molar-refractivity contribution is -0.143. The molecule has 0 saturated heterocycles. The molecule has 0 aliphatic rings. The average Bonchev–Trinajstić information content (AvgIpc) is 3.21. The van der Waals surface area contributed by atoms with E-state index in [4.69, 9.17) is 14.2 Å². The van der Waals surface area contributed by atoms with Crippen molar-refractivity contribution in [3.63, 3.8) is 0 Å². The highest BCUT2D eigenvalue weighted by molar-refractivity contribution is 6.76. The molecule has 3 aromatic carbocycles. The molecule has 7 heteroatoms. The Hall–Kier alpha value is -3.42. The standard InChI is InChI=1S/C28H32N2O4Si/c1-32-27(31)19-34-28-29-25-18-24(14-15-26(25)30(28)20-33-16-17-35(2,3)4)23-12-10-22(11-13-23)21-8-6-5-7-9-21/h5-15,18H,16-17,19-20H2,1-4H3.